The van der Waals surface area contributed by atoms with Gasteiger partial charge in [-0.1, -0.05) is 6.08 Å². The molecule has 0 amide bonds. The predicted octanol–water partition coefficient (Wildman–Crippen LogP) is -2.94. The van der Waals surface area contributed by atoms with E-state index < -0.39 is 133 Å². The van der Waals surface area contributed by atoms with Gasteiger partial charge in [-0.25, -0.2) is 9.59 Å². The van der Waals surface area contributed by atoms with Crippen LogP contribution in [0.4, 0.5) is 0 Å². The van der Waals surface area contributed by atoms with Gasteiger partial charge in [0.15, 0.2) is 28.6 Å². The number of nitrogens with one attached hydrogen (secondary N) is 1. The zero-order valence-electron chi connectivity index (χ0n) is 31.8. The van der Waals surface area contributed by atoms with Crippen LogP contribution in [0.5, 0.6) is 23.0 Å². The highest BCUT2D eigenvalue weighted by molar-refractivity contribution is 5.89. The van der Waals surface area contributed by atoms with E-state index in [0.717, 1.165) is 18.2 Å². The number of dihydropyridines is 1. The van der Waals surface area contributed by atoms with Crippen molar-refractivity contribution in [1.29, 1.82) is 0 Å². The first-order chi connectivity index (χ1) is 28.9. The summed E-state index contributed by atoms with van der Waals surface area (Å²) in [6.07, 6.45) is -15.7. The maximum atomic E-state index is 13.8. The Morgan fingerprint density at radius 1 is 0.902 bits per heavy atom. The molecule has 4 aliphatic heterocycles. The minimum absolute atomic E-state index is 0.0548. The Labute approximate surface area is 343 Å². The average Bonchev–Trinajstić information content (AvgIpc) is 3.38. The largest absolute Gasteiger partial charge is 0.507 e. The lowest BCUT2D eigenvalue weighted by molar-refractivity contribution is -0.345. The SMILES string of the molecule is NC1C=CC(C2CCC3(Oc4cc5oc(-c6cc(O)c(O)c(CCO)c6)cc(=O)c5c(O)c42)OC(C(=O)OC2OC(CCO)(C(=O)O)C(O)C(O)C2O)C(O)C(O)C3O)=CN1. The Morgan fingerprint density at radius 3 is 2.28 bits per heavy atom. The number of carbonyl (C=O) groups is 2. The first kappa shape index (κ1) is 43.7. The van der Waals surface area contributed by atoms with Gasteiger partial charge in [0, 0.05) is 67.0 Å². The number of aliphatic hydroxyl groups is 8. The Hall–Kier alpha value is -5.37. The molecule has 12 atom stereocenters. The van der Waals surface area contributed by atoms with Crippen LogP contribution < -0.4 is 21.2 Å². The number of aliphatic carboxylic acids is 1. The number of carboxylic acids is 1. The predicted molar refractivity (Wildman–Crippen MR) is 201 cm³/mol. The Balaban J connectivity index is 1.31. The fourth-order valence-corrected chi connectivity index (χ4v) is 8.14. The highest BCUT2D eigenvalue weighted by Crippen LogP contribution is 2.52. The van der Waals surface area contributed by atoms with Gasteiger partial charge < -0.3 is 95.7 Å². The molecule has 22 nitrogen and oxygen atoms in total. The van der Waals surface area contributed by atoms with Crippen LogP contribution in [0.3, 0.4) is 0 Å². The van der Waals surface area contributed by atoms with Gasteiger partial charge in [0.1, 0.15) is 64.9 Å². The number of fused-ring (bicyclic) bond motifs is 2. The molecule has 1 aromatic heterocycles. The fourth-order valence-electron chi connectivity index (χ4n) is 8.14. The number of phenolic OH excluding ortho intramolecular Hbond substituents is 3. The molecule has 61 heavy (non-hydrogen) atoms. The molecule has 2 saturated heterocycles. The molecule has 15 N–H and O–H groups in total. The molecular weight excluding hydrogens is 816 g/mol. The second-order valence-corrected chi connectivity index (χ2v) is 15.1. The number of hydrogen-bond acceptors (Lipinski definition) is 21. The van der Waals surface area contributed by atoms with E-state index >= 15 is 0 Å². The van der Waals surface area contributed by atoms with Crippen molar-refractivity contribution in [2.75, 3.05) is 13.2 Å². The van der Waals surface area contributed by atoms with Crippen LogP contribution >= 0.6 is 0 Å². The topological polar surface area (TPSA) is 382 Å². The molecule has 0 bridgehead atoms. The van der Waals surface area contributed by atoms with Crippen molar-refractivity contribution in [3.05, 3.63) is 69.5 Å². The van der Waals surface area contributed by atoms with Gasteiger partial charge in [0.25, 0.3) is 0 Å². The molecule has 3 aromatic rings. The molecule has 12 unspecified atom stereocenters. The number of esters is 1. The maximum absolute atomic E-state index is 13.8. The highest BCUT2D eigenvalue weighted by atomic mass is 16.8. The third kappa shape index (κ3) is 7.44. The number of hydrogen-bond donors (Lipinski definition) is 14. The van der Waals surface area contributed by atoms with Crippen molar-refractivity contribution in [2.24, 2.45) is 5.73 Å². The van der Waals surface area contributed by atoms with E-state index in [1.165, 1.54) is 12.3 Å². The second-order valence-electron chi connectivity index (χ2n) is 15.1. The monoisotopic (exact) mass is 860 g/mol. The number of carboxylic acid groups (broad SMARTS) is 1. The van der Waals surface area contributed by atoms with Crippen molar-refractivity contribution < 1.29 is 94.2 Å². The Kier molecular flexibility index (Phi) is 11.8. The molecule has 2 aromatic carbocycles. The molecule has 0 aliphatic carbocycles. The molecule has 1 spiro atoms. The van der Waals surface area contributed by atoms with Gasteiger partial charge in [0.2, 0.25) is 12.1 Å². The lowest BCUT2D eigenvalue weighted by atomic mass is 9.82. The van der Waals surface area contributed by atoms with E-state index in [-0.39, 0.29) is 52.0 Å². The minimum atomic E-state index is -2.80. The Bertz CT molecular complexity index is 2330. The van der Waals surface area contributed by atoms with Gasteiger partial charge in [-0.3, -0.25) is 4.79 Å². The Morgan fingerprint density at radius 2 is 1.62 bits per heavy atom. The van der Waals surface area contributed by atoms with E-state index in [2.05, 4.69) is 5.32 Å². The summed E-state index contributed by atoms with van der Waals surface area (Å²) in [5.41, 5.74) is 2.68. The number of aliphatic hydroxyl groups excluding tert-OH is 8. The van der Waals surface area contributed by atoms with E-state index in [9.17, 15) is 75.7 Å². The van der Waals surface area contributed by atoms with Crippen LogP contribution in [-0.4, -0.2) is 153 Å². The lowest BCUT2D eigenvalue weighted by Gasteiger charge is -2.48. The van der Waals surface area contributed by atoms with Crippen molar-refractivity contribution in [1.82, 2.24) is 5.32 Å². The second kappa shape index (κ2) is 16.5. The molecule has 330 valence electrons. The summed E-state index contributed by atoms with van der Waals surface area (Å²) >= 11 is 0. The van der Waals surface area contributed by atoms with E-state index in [1.54, 1.807) is 12.2 Å². The number of aromatic hydroxyl groups is 3. The van der Waals surface area contributed by atoms with E-state index in [4.69, 9.17) is 29.1 Å². The summed E-state index contributed by atoms with van der Waals surface area (Å²) in [4.78, 5) is 39.8. The summed E-state index contributed by atoms with van der Waals surface area (Å²) in [5, 5.41) is 130. The molecule has 22 heteroatoms. The van der Waals surface area contributed by atoms with Gasteiger partial charge >= 0.3 is 11.9 Å². The van der Waals surface area contributed by atoms with Gasteiger partial charge in [0.05, 0.1) is 6.17 Å². The summed E-state index contributed by atoms with van der Waals surface area (Å²) in [6, 6.07) is 4.63. The van der Waals surface area contributed by atoms with Crippen LogP contribution in [0.25, 0.3) is 22.3 Å². The number of ether oxygens (including phenoxy) is 4. The van der Waals surface area contributed by atoms with Crippen LogP contribution in [0.1, 0.15) is 36.3 Å². The molecule has 7 rings (SSSR count). The maximum Gasteiger partial charge on any atom is 0.340 e. The zero-order valence-corrected chi connectivity index (χ0v) is 31.8. The number of phenols is 3. The van der Waals surface area contributed by atoms with Crippen LogP contribution in [0.15, 0.2) is 57.4 Å². The van der Waals surface area contributed by atoms with E-state index in [0.29, 0.717) is 5.57 Å². The summed E-state index contributed by atoms with van der Waals surface area (Å²) in [6.45, 7) is -1.30. The first-order valence-electron chi connectivity index (χ1n) is 19.0. The molecular formula is C39H44N2O20. The number of allylic oxidation sites excluding steroid dienone is 2. The molecule has 0 radical (unpaired) electrons. The lowest BCUT2D eigenvalue weighted by Crippen LogP contribution is -2.70. The molecule has 5 heterocycles. The standard InChI is InChI=1S/C39H44N2O20/c40-23-2-1-15(13-41-23)17-3-5-39(34(53)29(49)28(48)32(60-39)35(54)58-36-31(51)30(50)33(52)38(61-36,6-8-43)37(55)56)59-22-12-21-25(27(47)24(17)22)18(44)11-20(57-21)16-9-14(4-7-42)26(46)19(45)10-16/h1-2,9-13,17,23,28-34,36,41-43,45-53H,3-8,40H2,(H,55,56). The average molecular weight is 861 g/mol. The van der Waals surface area contributed by atoms with Gasteiger partial charge in [-0.2, -0.15) is 0 Å². The summed E-state index contributed by atoms with van der Waals surface area (Å²) in [7, 11) is 0. The fraction of sp³-hybridized carbons (Fsp3) is 0.462. The van der Waals surface area contributed by atoms with Crippen molar-refractivity contribution in [3.63, 3.8) is 0 Å². The van der Waals surface area contributed by atoms with Gasteiger partial charge in [-0.15, -0.1) is 0 Å². The molecule has 4 aliphatic rings. The van der Waals surface area contributed by atoms with Gasteiger partial charge in [-0.05, 0) is 36.6 Å². The highest BCUT2D eigenvalue weighted by Gasteiger charge is 2.62. The zero-order chi connectivity index (χ0) is 44.3. The van der Waals surface area contributed by atoms with Crippen molar-refractivity contribution >= 4 is 22.9 Å². The van der Waals surface area contributed by atoms with E-state index in [1.807, 2.05) is 0 Å². The normalized spacial score (nSPS) is 33.6. The number of nitrogens with two attached hydrogens (primary N) is 1. The third-order valence-corrected chi connectivity index (χ3v) is 11.4. The third-order valence-electron chi connectivity index (χ3n) is 11.4. The minimum Gasteiger partial charge on any atom is -0.507 e. The van der Waals surface area contributed by atoms with Crippen molar-refractivity contribution in [2.45, 2.75) is 98.2 Å². The molecule has 0 saturated carbocycles. The number of benzene rings is 2. The first-order valence-corrected chi connectivity index (χ1v) is 19.0. The molecule has 2 fully saturated rings. The van der Waals surface area contributed by atoms with Crippen LogP contribution in [-0.2, 0) is 30.2 Å². The number of carbonyl (C=O) groups excluding carboxylic acids is 1. The quantitative estimate of drug-likeness (QED) is 0.0756. The smallest absolute Gasteiger partial charge is 0.340 e. The van der Waals surface area contributed by atoms with Crippen molar-refractivity contribution in [3.8, 4) is 34.3 Å². The van der Waals surface area contributed by atoms with Crippen LogP contribution in [0, 0.1) is 0 Å². The summed E-state index contributed by atoms with van der Waals surface area (Å²) in [5.74, 6) is -9.24. The number of rotatable bonds is 9. The van der Waals surface area contributed by atoms with Crippen LogP contribution in [0.2, 0.25) is 0 Å². The summed E-state index contributed by atoms with van der Waals surface area (Å²) < 4.78 is 28.8.